The van der Waals surface area contributed by atoms with Crippen LogP contribution in [0.3, 0.4) is 0 Å². The van der Waals surface area contributed by atoms with Gasteiger partial charge in [-0.3, -0.25) is 19.2 Å². The van der Waals surface area contributed by atoms with E-state index < -0.39 is 66.9 Å². The number of H-pyrrole nitrogens is 1. The van der Waals surface area contributed by atoms with Crippen LogP contribution in [0.15, 0.2) is 54.7 Å². The number of para-hydroxylation sites is 1. The molecule has 0 bridgehead atoms. The Morgan fingerprint density at radius 1 is 0.805 bits per heavy atom. The van der Waals surface area contributed by atoms with Crippen LogP contribution in [0.4, 0.5) is 0 Å². The standard InChI is InChI=1S/C27H31N5O9/c28-18(13-33)24(37)30-20(10-15-12-29-19-4-2-1-3-17(15)19)25(38)31-21(11-23(35)36)26(39)32-22(27(40)41)9-14-5-7-16(34)8-6-14/h1-8,12,18,20-22,29,33-34H,9-11,13,28H2,(H,30,37)(H,31,38)(H,32,39)(H,35,36)(H,40,41). The van der Waals surface area contributed by atoms with Crippen molar-refractivity contribution in [2.75, 3.05) is 6.61 Å². The molecule has 3 amide bonds. The number of amides is 3. The molecule has 2 aromatic carbocycles. The number of aliphatic carboxylic acids is 2. The number of phenols is 1. The minimum Gasteiger partial charge on any atom is -0.508 e. The molecule has 3 rings (SSSR count). The topological polar surface area (TPSA) is 244 Å². The molecular formula is C27H31N5O9. The van der Waals surface area contributed by atoms with E-state index in [0.29, 0.717) is 11.1 Å². The van der Waals surface area contributed by atoms with E-state index in [9.17, 15) is 44.4 Å². The summed E-state index contributed by atoms with van der Waals surface area (Å²) in [6.07, 6.45) is 0.478. The summed E-state index contributed by atoms with van der Waals surface area (Å²) in [6.45, 7) is -0.699. The zero-order valence-corrected chi connectivity index (χ0v) is 21.7. The normalized spacial score (nSPS) is 13.9. The molecule has 0 aliphatic rings. The number of carboxylic acids is 2. The number of carboxylic acid groups (broad SMARTS) is 2. The Labute approximate surface area is 233 Å². The largest absolute Gasteiger partial charge is 0.508 e. The van der Waals surface area contributed by atoms with Crippen molar-refractivity contribution in [1.82, 2.24) is 20.9 Å². The molecular weight excluding hydrogens is 538 g/mol. The number of aliphatic hydroxyl groups is 1. The zero-order valence-electron chi connectivity index (χ0n) is 21.7. The highest BCUT2D eigenvalue weighted by Gasteiger charge is 2.32. The van der Waals surface area contributed by atoms with Crippen LogP contribution < -0.4 is 21.7 Å². The number of nitrogens with two attached hydrogens (primary N) is 1. The minimum atomic E-state index is -1.70. The summed E-state index contributed by atoms with van der Waals surface area (Å²) in [5.74, 6) is -5.75. The third kappa shape index (κ3) is 8.52. The number of carbonyl (C=O) groups is 5. The third-order valence-electron chi connectivity index (χ3n) is 6.27. The molecule has 0 aliphatic carbocycles. The molecule has 0 spiro atoms. The molecule has 1 heterocycles. The Kier molecular flexibility index (Phi) is 10.4. The third-order valence-corrected chi connectivity index (χ3v) is 6.27. The number of hydrogen-bond donors (Lipinski definition) is 9. The highest BCUT2D eigenvalue weighted by atomic mass is 16.4. The van der Waals surface area contributed by atoms with Crippen LogP contribution in [0.1, 0.15) is 17.5 Å². The Balaban J connectivity index is 1.81. The van der Waals surface area contributed by atoms with Crippen molar-refractivity contribution in [3.63, 3.8) is 0 Å². The van der Waals surface area contributed by atoms with Gasteiger partial charge in [-0.2, -0.15) is 0 Å². The molecule has 0 saturated heterocycles. The van der Waals surface area contributed by atoms with E-state index >= 15 is 0 Å². The van der Waals surface area contributed by atoms with Gasteiger partial charge in [-0.15, -0.1) is 0 Å². The van der Waals surface area contributed by atoms with Gasteiger partial charge in [0.1, 0.15) is 29.9 Å². The number of aromatic amines is 1. The molecule has 0 saturated carbocycles. The van der Waals surface area contributed by atoms with Crippen molar-refractivity contribution in [3.8, 4) is 5.75 Å². The number of aromatic hydroxyl groups is 1. The van der Waals surface area contributed by atoms with Gasteiger partial charge in [-0.25, -0.2) is 4.79 Å². The molecule has 14 heteroatoms. The number of nitrogens with one attached hydrogen (secondary N) is 4. The van der Waals surface area contributed by atoms with Crippen LogP contribution in [-0.2, 0) is 36.8 Å². The first-order chi connectivity index (χ1) is 19.5. The summed E-state index contributed by atoms with van der Waals surface area (Å²) in [6, 6.07) is 6.92. The van der Waals surface area contributed by atoms with Crippen LogP contribution in [0, 0.1) is 0 Å². The second-order valence-electron chi connectivity index (χ2n) is 9.34. The lowest BCUT2D eigenvalue weighted by molar-refractivity contribution is -0.143. The van der Waals surface area contributed by atoms with Crippen LogP contribution in [0.25, 0.3) is 10.9 Å². The predicted octanol–water partition coefficient (Wildman–Crippen LogP) is -1.01. The summed E-state index contributed by atoms with van der Waals surface area (Å²) in [7, 11) is 0. The van der Waals surface area contributed by atoms with Gasteiger partial charge in [0.25, 0.3) is 0 Å². The van der Waals surface area contributed by atoms with Crippen LogP contribution in [-0.4, -0.2) is 85.8 Å². The highest BCUT2D eigenvalue weighted by molar-refractivity contribution is 5.96. The van der Waals surface area contributed by atoms with Crippen molar-refractivity contribution in [2.45, 2.75) is 43.4 Å². The van der Waals surface area contributed by atoms with Crippen molar-refractivity contribution in [1.29, 1.82) is 0 Å². The Morgan fingerprint density at radius 3 is 2.05 bits per heavy atom. The summed E-state index contributed by atoms with van der Waals surface area (Å²) in [4.78, 5) is 65.2. The molecule has 4 unspecified atom stereocenters. The lowest BCUT2D eigenvalue weighted by atomic mass is 10.0. The molecule has 4 atom stereocenters. The second-order valence-corrected chi connectivity index (χ2v) is 9.34. The molecule has 0 fully saturated rings. The van der Waals surface area contributed by atoms with Crippen molar-refractivity contribution in [2.24, 2.45) is 5.73 Å². The van der Waals surface area contributed by atoms with E-state index in [1.165, 1.54) is 24.3 Å². The molecule has 0 aliphatic heterocycles. The lowest BCUT2D eigenvalue weighted by Crippen LogP contribution is -2.58. The highest BCUT2D eigenvalue weighted by Crippen LogP contribution is 2.19. The van der Waals surface area contributed by atoms with Gasteiger partial charge in [-0.1, -0.05) is 30.3 Å². The first-order valence-electron chi connectivity index (χ1n) is 12.5. The van der Waals surface area contributed by atoms with Gasteiger partial charge in [-0.05, 0) is 29.3 Å². The number of hydrogen-bond acceptors (Lipinski definition) is 8. The summed E-state index contributed by atoms with van der Waals surface area (Å²) < 4.78 is 0. The number of rotatable bonds is 14. The summed E-state index contributed by atoms with van der Waals surface area (Å²) in [5, 5.41) is 45.4. The van der Waals surface area contributed by atoms with Crippen molar-refractivity contribution in [3.05, 3.63) is 65.9 Å². The molecule has 1 aromatic heterocycles. The fraction of sp³-hybridized carbons (Fsp3) is 0.296. The first-order valence-corrected chi connectivity index (χ1v) is 12.5. The van der Waals surface area contributed by atoms with Gasteiger partial charge in [0.05, 0.1) is 13.0 Å². The molecule has 3 aromatic rings. The molecule has 14 nitrogen and oxygen atoms in total. The number of phenolic OH excluding ortho intramolecular Hbond substituents is 1. The molecule has 218 valence electrons. The van der Waals surface area contributed by atoms with Gasteiger partial charge in [0.2, 0.25) is 17.7 Å². The zero-order chi connectivity index (χ0) is 30.1. The first kappa shape index (κ1) is 30.6. The van der Waals surface area contributed by atoms with Gasteiger partial charge in [0.15, 0.2) is 0 Å². The smallest absolute Gasteiger partial charge is 0.326 e. The maximum absolute atomic E-state index is 13.3. The maximum Gasteiger partial charge on any atom is 0.326 e. The van der Waals surface area contributed by atoms with E-state index in [4.69, 9.17) is 5.73 Å². The fourth-order valence-corrected chi connectivity index (χ4v) is 4.09. The van der Waals surface area contributed by atoms with Crippen molar-refractivity contribution < 1.29 is 44.4 Å². The SMILES string of the molecule is NC(CO)C(=O)NC(Cc1c[nH]c2ccccc12)C(=O)NC(CC(=O)O)C(=O)NC(Cc1ccc(O)cc1)C(=O)O. The monoisotopic (exact) mass is 569 g/mol. The summed E-state index contributed by atoms with van der Waals surface area (Å²) in [5.41, 5.74) is 7.44. The fourth-order valence-electron chi connectivity index (χ4n) is 4.09. The van der Waals surface area contributed by atoms with Crippen LogP contribution >= 0.6 is 0 Å². The molecule has 41 heavy (non-hydrogen) atoms. The predicted molar refractivity (Wildman–Crippen MR) is 145 cm³/mol. The van der Waals surface area contributed by atoms with E-state index in [0.717, 1.165) is 10.9 Å². The van der Waals surface area contributed by atoms with Crippen LogP contribution in [0.5, 0.6) is 5.75 Å². The Hall–Kier alpha value is -4.95. The van der Waals surface area contributed by atoms with Gasteiger partial charge < -0.3 is 47.1 Å². The average molecular weight is 570 g/mol. The summed E-state index contributed by atoms with van der Waals surface area (Å²) >= 11 is 0. The number of fused-ring (bicyclic) bond motifs is 1. The van der Waals surface area contributed by atoms with Gasteiger partial charge in [0, 0.05) is 29.9 Å². The van der Waals surface area contributed by atoms with E-state index in [-0.39, 0.29) is 18.6 Å². The number of aliphatic hydroxyl groups excluding tert-OH is 1. The number of aromatic nitrogens is 1. The quantitative estimate of drug-likeness (QED) is 0.114. The molecule has 0 radical (unpaired) electrons. The molecule has 10 N–H and O–H groups in total. The second kappa shape index (κ2) is 13.9. The maximum atomic E-state index is 13.3. The van der Waals surface area contributed by atoms with Crippen LogP contribution in [0.2, 0.25) is 0 Å². The minimum absolute atomic E-state index is 0.0388. The average Bonchev–Trinajstić information content (AvgIpc) is 3.34. The Morgan fingerprint density at radius 2 is 1.41 bits per heavy atom. The lowest BCUT2D eigenvalue weighted by Gasteiger charge is -2.24. The van der Waals surface area contributed by atoms with E-state index in [2.05, 4.69) is 20.9 Å². The van der Waals surface area contributed by atoms with E-state index in [1.807, 2.05) is 0 Å². The number of carbonyl (C=O) groups excluding carboxylic acids is 3. The Bertz CT molecular complexity index is 1410. The van der Waals surface area contributed by atoms with Gasteiger partial charge >= 0.3 is 11.9 Å². The van der Waals surface area contributed by atoms with Crippen molar-refractivity contribution >= 4 is 40.6 Å². The van der Waals surface area contributed by atoms with E-state index in [1.54, 1.807) is 30.5 Å². The number of benzene rings is 2.